The van der Waals surface area contributed by atoms with Gasteiger partial charge in [0.25, 0.3) is 0 Å². The van der Waals surface area contributed by atoms with E-state index in [9.17, 15) is 9.59 Å². The van der Waals surface area contributed by atoms with Crippen molar-refractivity contribution in [2.75, 3.05) is 5.32 Å². The van der Waals surface area contributed by atoms with E-state index in [1.165, 1.54) is 6.20 Å². The molecule has 2 heterocycles. The Morgan fingerprint density at radius 3 is 3.00 bits per heavy atom. The molecular formula is C17H19N3O3. The van der Waals surface area contributed by atoms with Crippen molar-refractivity contribution in [3.8, 4) is 0 Å². The Labute approximate surface area is 134 Å². The van der Waals surface area contributed by atoms with Gasteiger partial charge in [-0.25, -0.2) is 9.97 Å². The van der Waals surface area contributed by atoms with E-state index in [-0.39, 0.29) is 29.5 Å². The zero-order valence-electron chi connectivity index (χ0n) is 13.2. The van der Waals surface area contributed by atoms with Crippen LogP contribution in [0.25, 0.3) is 0 Å². The van der Waals surface area contributed by atoms with E-state index in [4.69, 9.17) is 4.42 Å². The van der Waals surface area contributed by atoms with Gasteiger partial charge in [0.05, 0.1) is 17.5 Å². The molecule has 0 spiro atoms. The van der Waals surface area contributed by atoms with Crippen LogP contribution in [-0.4, -0.2) is 21.7 Å². The van der Waals surface area contributed by atoms with Crippen LogP contribution >= 0.6 is 0 Å². The molecule has 3 rings (SSSR count). The van der Waals surface area contributed by atoms with E-state index >= 15 is 0 Å². The summed E-state index contributed by atoms with van der Waals surface area (Å²) >= 11 is 0. The molecule has 0 saturated carbocycles. The number of anilines is 1. The molecule has 2 atom stereocenters. The summed E-state index contributed by atoms with van der Waals surface area (Å²) in [6, 6.07) is 3.68. The number of hydrogen-bond donors (Lipinski definition) is 1. The summed E-state index contributed by atoms with van der Waals surface area (Å²) in [5.41, 5.74) is 1.20. The van der Waals surface area contributed by atoms with Crippen LogP contribution in [0.15, 0.2) is 29.0 Å². The summed E-state index contributed by atoms with van der Waals surface area (Å²) in [7, 11) is 0. The smallest absolute Gasteiger partial charge is 0.229 e. The van der Waals surface area contributed by atoms with Crippen molar-refractivity contribution in [1.29, 1.82) is 0 Å². The number of carbonyl (C=O) groups excluding carboxylic acids is 2. The van der Waals surface area contributed by atoms with Crippen molar-refractivity contribution in [2.24, 2.45) is 5.92 Å². The van der Waals surface area contributed by atoms with Gasteiger partial charge in [-0.15, -0.1) is 0 Å². The molecule has 0 aliphatic heterocycles. The van der Waals surface area contributed by atoms with Crippen LogP contribution in [0.3, 0.4) is 0 Å². The molecule has 2 aromatic rings. The summed E-state index contributed by atoms with van der Waals surface area (Å²) < 4.78 is 5.41. The molecule has 2 aromatic heterocycles. The number of nitrogens with one attached hydrogen (secondary N) is 1. The highest BCUT2D eigenvalue weighted by Gasteiger charge is 2.29. The molecule has 1 N–H and O–H groups in total. The highest BCUT2D eigenvalue weighted by molar-refractivity contribution is 5.98. The molecule has 1 aliphatic rings. The van der Waals surface area contributed by atoms with Crippen LogP contribution in [0.1, 0.15) is 54.4 Å². The molecule has 6 heteroatoms. The van der Waals surface area contributed by atoms with E-state index in [0.29, 0.717) is 24.1 Å². The molecule has 23 heavy (non-hydrogen) atoms. The Balaban J connectivity index is 1.83. The second-order valence-corrected chi connectivity index (χ2v) is 5.90. The lowest BCUT2D eigenvalue weighted by atomic mass is 9.85. The van der Waals surface area contributed by atoms with Gasteiger partial charge in [-0.3, -0.25) is 14.9 Å². The molecule has 0 fully saturated rings. The minimum atomic E-state index is -0.114. The predicted octanol–water partition coefficient (Wildman–Crippen LogP) is 2.97. The second-order valence-electron chi connectivity index (χ2n) is 5.90. The Hall–Kier alpha value is -2.50. The normalized spacial score (nSPS) is 18.3. The Kier molecular flexibility index (Phi) is 4.23. The van der Waals surface area contributed by atoms with Crippen LogP contribution in [0.2, 0.25) is 0 Å². The van der Waals surface area contributed by atoms with Gasteiger partial charge in [-0.05, 0) is 18.6 Å². The minimum absolute atomic E-state index is 0.00690. The van der Waals surface area contributed by atoms with Crippen LogP contribution in [0, 0.1) is 5.92 Å². The Morgan fingerprint density at radius 2 is 2.30 bits per heavy atom. The first-order chi connectivity index (χ1) is 11.1. The second kappa shape index (κ2) is 6.32. The molecule has 0 radical (unpaired) electrons. The number of amides is 1. The van der Waals surface area contributed by atoms with E-state index in [1.807, 2.05) is 26.0 Å². The zero-order valence-corrected chi connectivity index (χ0v) is 13.2. The van der Waals surface area contributed by atoms with Gasteiger partial charge in [-0.1, -0.05) is 13.8 Å². The van der Waals surface area contributed by atoms with Gasteiger partial charge in [-0.2, -0.15) is 0 Å². The molecule has 0 bridgehead atoms. The highest BCUT2D eigenvalue weighted by Crippen LogP contribution is 2.32. The Morgan fingerprint density at radius 1 is 1.48 bits per heavy atom. The van der Waals surface area contributed by atoms with Crippen molar-refractivity contribution < 1.29 is 14.0 Å². The number of ketones is 1. The number of nitrogens with zero attached hydrogens (tertiary/aromatic N) is 2. The van der Waals surface area contributed by atoms with E-state index in [0.717, 1.165) is 12.2 Å². The monoisotopic (exact) mass is 313 g/mol. The van der Waals surface area contributed by atoms with Crippen molar-refractivity contribution in [3.63, 3.8) is 0 Å². The molecule has 1 aliphatic carbocycles. The highest BCUT2D eigenvalue weighted by atomic mass is 16.3. The number of aromatic nitrogens is 2. The van der Waals surface area contributed by atoms with Crippen LogP contribution in [0.4, 0.5) is 5.95 Å². The first kappa shape index (κ1) is 15.4. The van der Waals surface area contributed by atoms with Crippen LogP contribution in [-0.2, 0) is 11.2 Å². The summed E-state index contributed by atoms with van der Waals surface area (Å²) in [6.45, 7) is 3.80. The molecular weight excluding hydrogens is 294 g/mol. The van der Waals surface area contributed by atoms with E-state index in [2.05, 4.69) is 15.3 Å². The average Bonchev–Trinajstić information content (AvgIpc) is 3.08. The topological polar surface area (TPSA) is 85.1 Å². The first-order valence-electron chi connectivity index (χ1n) is 7.81. The van der Waals surface area contributed by atoms with Gasteiger partial charge in [0.1, 0.15) is 5.76 Å². The van der Waals surface area contributed by atoms with E-state index in [1.54, 1.807) is 6.26 Å². The SMILES string of the molecule is CC[C@@H](C)C(=O)Nc1ncc2c(n1)C[C@H](c1ccco1)CC2=O. The molecule has 6 nitrogen and oxygen atoms in total. The van der Waals surface area contributed by atoms with Crippen LogP contribution < -0.4 is 5.32 Å². The predicted molar refractivity (Wildman–Crippen MR) is 84.2 cm³/mol. The van der Waals surface area contributed by atoms with Gasteiger partial charge < -0.3 is 4.42 Å². The molecule has 1 amide bonds. The fourth-order valence-electron chi connectivity index (χ4n) is 2.65. The number of rotatable bonds is 4. The van der Waals surface area contributed by atoms with Gasteiger partial charge in [0.2, 0.25) is 11.9 Å². The standard InChI is InChI=1S/C17H19N3O3/c1-3-10(2)16(22)20-17-18-9-12-13(19-17)7-11(8-14(12)21)15-5-4-6-23-15/h4-6,9-11H,3,7-8H2,1-2H3,(H,18,19,20,22)/t10-,11+/m1/s1. The molecule has 0 unspecified atom stereocenters. The third-order valence-electron chi connectivity index (χ3n) is 4.28. The quantitative estimate of drug-likeness (QED) is 0.938. The zero-order chi connectivity index (χ0) is 16.4. The van der Waals surface area contributed by atoms with Crippen molar-refractivity contribution in [2.45, 2.75) is 39.0 Å². The molecule has 120 valence electrons. The lowest BCUT2D eigenvalue weighted by Gasteiger charge is -2.21. The third kappa shape index (κ3) is 3.16. The fraction of sp³-hybridized carbons (Fsp3) is 0.412. The summed E-state index contributed by atoms with van der Waals surface area (Å²) in [6.07, 6.45) is 4.85. The fourth-order valence-corrected chi connectivity index (χ4v) is 2.65. The first-order valence-corrected chi connectivity index (χ1v) is 7.81. The van der Waals surface area contributed by atoms with E-state index < -0.39 is 0 Å². The maximum absolute atomic E-state index is 12.3. The third-order valence-corrected chi connectivity index (χ3v) is 4.28. The van der Waals surface area contributed by atoms with Crippen molar-refractivity contribution in [1.82, 2.24) is 9.97 Å². The Bertz CT molecular complexity index is 725. The van der Waals surface area contributed by atoms with Crippen molar-refractivity contribution in [3.05, 3.63) is 41.6 Å². The summed E-state index contributed by atoms with van der Waals surface area (Å²) in [5, 5.41) is 2.71. The van der Waals surface area contributed by atoms with Gasteiger partial charge in [0.15, 0.2) is 5.78 Å². The van der Waals surface area contributed by atoms with Gasteiger partial charge in [0, 0.05) is 30.9 Å². The number of fused-ring (bicyclic) bond motifs is 1. The lowest BCUT2D eigenvalue weighted by molar-refractivity contribution is -0.119. The van der Waals surface area contributed by atoms with Crippen molar-refractivity contribution >= 4 is 17.6 Å². The summed E-state index contributed by atoms with van der Waals surface area (Å²) in [5.74, 6) is 0.810. The number of Topliss-reactive ketones (excluding diaryl/α,β-unsaturated/α-hetero) is 1. The summed E-state index contributed by atoms with van der Waals surface area (Å²) in [4.78, 5) is 32.7. The average molecular weight is 313 g/mol. The minimum Gasteiger partial charge on any atom is -0.469 e. The number of carbonyl (C=O) groups is 2. The maximum atomic E-state index is 12.3. The number of furan rings is 1. The molecule has 0 aromatic carbocycles. The van der Waals surface area contributed by atoms with Crippen LogP contribution in [0.5, 0.6) is 0 Å². The van der Waals surface area contributed by atoms with Gasteiger partial charge >= 0.3 is 0 Å². The largest absolute Gasteiger partial charge is 0.469 e. The number of hydrogen-bond acceptors (Lipinski definition) is 5. The maximum Gasteiger partial charge on any atom is 0.229 e. The lowest BCUT2D eigenvalue weighted by Crippen LogP contribution is -2.24. The molecule has 0 saturated heterocycles.